The standard InChI is InChI=1S/C11H16N4O10P2S/c1-28-10-6-9(12-3-13-10)15(4-14-6)11-8(17)7(16)5(24-11)2-23-27(21,22)25-26(18,19)20/h3-5,7-8,11,16-17H,2H2,1H3,(H,21,22)(H2,18,19,20). The van der Waals surface area contributed by atoms with E-state index in [0.717, 1.165) is 0 Å². The molecule has 0 radical (unpaired) electrons. The highest BCUT2D eigenvalue weighted by molar-refractivity contribution is 7.98. The average molecular weight is 458 g/mol. The lowest BCUT2D eigenvalue weighted by atomic mass is 10.1. The molecule has 28 heavy (non-hydrogen) atoms. The molecule has 2 aromatic rings. The van der Waals surface area contributed by atoms with E-state index in [9.17, 15) is 24.2 Å². The minimum Gasteiger partial charge on any atom is -0.387 e. The molecule has 14 nitrogen and oxygen atoms in total. The zero-order valence-corrected chi connectivity index (χ0v) is 16.6. The van der Waals surface area contributed by atoms with E-state index < -0.39 is 46.8 Å². The number of phosphoric ester groups is 1. The highest BCUT2D eigenvalue weighted by Crippen LogP contribution is 2.57. The molecule has 2 aromatic heterocycles. The minimum atomic E-state index is -5.28. The number of fused-ring (bicyclic) bond motifs is 1. The maximum atomic E-state index is 11.5. The Hall–Kier alpha value is -0.960. The number of aliphatic hydroxyl groups excluding tert-OH is 2. The lowest BCUT2D eigenvalue weighted by Gasteiger charge is -2.17. The summed E-state index contributed by atoms with van der Waals surface area (Å²) < 4.78 is 37.1. The van der Waals surface area contributed by atoms with E-state index >= 15 is 0 Å². The summed E-state index contributed by atoms with van der Waals surface area (Å²) in [5, 5.41) is 21.0. The van der Waals surface area contributed by atoms with Gasteiger partial charge in [0.15, 0.2) is 11.9 Å². The normalized spacial score (nSPS) is 27.9. The van der Waals surface area contributed by atoms with Gasteiger partial charge in [0.05, 0.1) is 12.9 Å². The number of thioether (sulfide) groups is 1. The molecular formula is C11H16N4O10P2S. The van der Waals surface area contributed by atoms with Crippen LogP contribution in [0.5, 0.6) is 0 Å². The van der Waals surface area contributed by atoms with Crippen LogP contribution in [0, 0.1) is 0 Å². The van der Waals surface area contributed by atoms with Crippen LogP contribution in [0.4, 0.5) is 0 Å². The first kappa shape index (κ1) is 21.7. The van der Waals surface area contributed by atoms with Crippen molar-refractivity contribution >= 4 is 38.6 Å². The van der Waals surface area contributed by atoms with Crippen molar-refractivity contribution in [2.24, 2.45) is 0 Å². The third-order valence-electron chi connectivity index (χ3n) is 3.74. The SMILES string of the molecule is CSc1ncnc2c1ncn2C1OC(COP(=O)(O)OP(=O)(O)O)C(O)C1O. The van der Waals surface area contributed by atoms with E-state index in [1.807, 2.05) is 0 Å². The van der Waals surface area contributed by atoms with Crippen molar-refractivity contribution in [3.63, 3.8) is 0 Å². The molecule has 0 amide bonds. The van der Waals surface area contributed by atoms with Gasteiger partial charge in [-0.1, -0.05) is 0 Å². The van der Waals surface area contributed by atoms with Gasteiger partial charge < -0.3 is 29.6 Å². The summed E-state index contributed by atoms with van der Waals surface area (Å²) in [5.41, 5.74) is 0.782. The number of aromatic nitrogens is 4. The van der Waals surface area contributed by atoms with Crippen molar-refractivity contribution in [2.45, 2.75) is 29.6 Å². The van der Waals surface area contributed by atoms with Gasteiger partial charge in [0.25, 0.3) is 0 Å². The first-order valence-electron chi connectivity index (χ1n) is 7.50. The fourth-order valence-corrected chi connectivity index (χ4v) is 4.68. The van der Waals surface area contributed by atoms with Crippen LogP contribution in [0.2, 0.25) is 0 Å². The van der Waals surface area contributed by atoms with Crippen LogP contribution < -0.4 is 0 Å². The number of imidazole rings is 1. The van der Waals surface area contributed by atoms with E-state index in [1.165, 1.54) is 29.0 Å². The Labute approximate surface area is 161 Å². The fourth-order valence-electron chi connectivity index (χ4n) is 2.59. The number of hydrogen-bond donors (Lipinski definition) is 5. The van der Waals surface area contributed by atoms with E-state index in [1.54, 1.807) is 6.26 Å². The van der Waals surface area contributed by atoms with Gasteiger partial charge in [-0.3, -0.25) is 9.09 Å². The Morgan fingerprint density at radius 2 is 1.93 bits per heavy atom. The van der Waals surface area contributed by atoms with Gasteiger partial charge >= 0.3 is 15.6 Å². The number of hydrogen-bond acceptors (Lipinski definition) is 11. The zero-order chi connectivity index (χ0) is 20.7. The van der Waals surface area contributed by atoms with Crippen LogP contribution in [0.25, 0.3) is 11.2 Å². The molecule has 1 aliphatic rings. The van der Waals surface area contributed by atoms with Gasteiger partial charge in [-0.2, -0.15) is 4.31 Å². The topological polar surface area (TPSA) is 207 Å². The Morgan fingerprint density at radius 3 is 2.57 bits per heavy atom. The quantitative estimate of drug-likeness (QED) is 0.199. The van der Waals surface area contributed by atoms with Crippen molar-refractivity contribution in [1.29, 1.82) is 0 Å². The van der Waals surface area contributed by atoms with Gasteiger partial charge in [0.2, 0.25) is 0 Å². The highest BCUT2D eigenvalue weighted by atomic mass is 32.2. The first-order chi connectivity index (χ1) is 13.0. The van der Waals surface area contributed by atoms with Gasteiger partial charge in [-0.05, 0) is 6.26 Å². The summed E-state index contributed by atoms with van der Waals surface area (Å²) in [7, 11) is -10.4. The van der Waals surface area contributed by atoms with Crippen molar-refractivity contribution < 1.29 is 47.6 Å². The lowest BCUT2D eigenvalue weighted by Crippen LogP contribution is -2.33. The molecule has 5 unspecified atom stereocenters. The van der Waals surface area contributed by atoms with Crippen molar-refractivity contribution in [3.8, 4) is 0 Å². The molecule has 5 atom stereocenters. The number of ether oxygens (including phenoxy) is 1. The van der Waals surface area contributed by atoms with Crippen molar-refractivity contribution in [3.05, 3.63) is 12.7 Å². The monoisotopic (exact) mass is 458 g/mol. The van der Waals surface area contributed by atoms with Crippen LogP contribution in [-0.4, -0.2) is 75.6 Å². The van der Waals surface area contributed by atoms with Crippen LogP contribution in [0.1, 0.15) is 6.23 Å². The molecule has 1 fully saturated rings. The molecule has 0 saturated carbocycles. The highest BCUT2D eigenvalue weighted by Gasteiger charge is 2.46. The first-order valence-corrected chi connectivity index (χ1v) is 11.7. The molecule has 0 aromatic carbocycles. The van der Waals surface area contributed by atoms with Crippen LogP contribution in [-0.2, 0) is 22.7 Å². The number of phosphoric acid groups is 2. The molecule has 3 heterocycles. The Balaban J connectivity index is 1.76. The van der Waals surface area contributed by atoms with E-state index in [0.29, 0.717) is 16.2 Å². The summed E-state index contributed by atoms with van der Waals surface area (Å²) in [6, 6.07) is 0. The van der Waals surface area contributed by atoms with Crippen molar-refractivity contribution in [2.75, 3.05) is 12.9 Å². The second kappa shape index (κ2) is 8.05. The fraction of sp³-hybridized carbons (Fsp3) is 0.545. The Kier molecular flexibility index (Phi) is 6.25. The van der Waals surface area contributed by atoms with Gasteiger partial charge in [0, 0.05) is 0 Å². The van der Waals surface area contributed by atoms with E-state index in [2.05, 4.69) is 23.8 Å². The Bertz CT molecular complexity index is 953. The second-order valence-corrected chi connectivity index (χ2v) is 9.21. The third-order valence-corrected chi connectivity index (χ3v) is 6.58. The predicted octanol–water partition coefficient (Wildman–Crippen LogP) is -0.606. The molecular weight excluding hydrogens is 442 g/mol. The molecule has 0 bridgehead atoms. The smallest absolute Gasteiger partial charge is 0.387 e. The largest absolute Gasteiger partial charge is 0.481 e. The molecule has 17 heteroatoms. The minimum absolute atomic E-state index is 0.329. The third kappa shape index (κ3) is 4.61. The van der Waals surface area contributed by atoms with Crippen molar-refractivity contribution in [1.82, 2.24) is 19.5 Å². The molecule has 5 N–H and O–H groups in total. The van der Waals surface area contributed by atoms with Crippen LogP contribution in [0.3, 0.4) is 0 Å². The molecule has 0 spiro atoms. The summed E-state index contributed by atoms with van der Waals surface area (Å²) in [6.07, 6.45) is -1.05. The predicted molar refractivity (Wildman–Crippen MR) is 91.9 cm³/mol. The molecule has 1 aliphatic heterocycles. The second-order valence-electron chi connectivity index (χ2n) is 5.59. The molecule has 3 rings (SSSR count). The van der Waals surface area contributed by atoms with Crippen LogP contribution in [0.15, 0.2) is 17.7 Å². The molecule has 0 aliphatic carbocycles. The summed E-state index contributed by atoms with van der Waals surface area (Å²) in [4.78, 5) is 38.8. The van der Waals surface area contributed by atoms with Gasteiger partial charge in [-0.15, -0.1) is 11.8 Å². The van der Waals surface area contributed by atoms with E-state index in [4.69, 9.17) is 14.5 Å². The van der Waals surface area contributed by atoms with Gasteiger partial charge in [-0.25, -0.2) is 24.1 Å². The van der Waals surface area contributed by atoms with Crippen LogP contribution >= 0.6 is 27.4 Å². The Morgan fingerprint density at radius 1 is 1.21 bits per heavy atom. The van der Waals surface area contributed by atoms with Gasteiger partial charge in [0.1, 0.15) is 35.2 Å². The average Bonchev–Trinajstić information content (AvgIpc) is 3.13. The lowest BCUT2D eigenvalue weighted by molar-refractivity contribution is -0.0503. The molecule has 156 valence electrons. The number of rotatable bonds is 7. The maximum Gasteiger partial charge on any atom is 0.481 e. The van der Waals surface area contributed by atoms with E-state index in [-0.39, 0.29) is 0 Å². The number of nitrogens with zero attached hydrogens (tertiary/aromatic N) is 4. The summed E-state index contributed by atoms with van der Waals surface area (Å²) >= 11 is 1.34. The summed E-state index contributed by atoms with van der Waals surface area (Å²) in [6.45, 7) is -0.791. The number of aliphatic hydroxyl groups is 2. The zero-order valence-electron chi connectivity index (χ0n) is 14.0. The molecule has 1 saturated heterocycles. The maximum absolute atomic E-state index is 11.5. The summed E-state index contributed by atoms with van der Waals surface area (Å²) in [5.74, 6) is 0.